The van der Waals surface area contributed by atoms with Gasteiger partial charge < -0.3 is 14.5 Å². The molecule has 0 aliphatic rings. The van der Waals surface area contributed by atoms with Gasteiger partial charge >= 0.3 is 0 Å². The first-order valence-corrected chi connectivity index (χ1v) is 10.2. The highest BCUT2D eigenvalue weighted by molar-refractivity contribution is 5.85. The molecule has 0 saturated heterocycles. The Kier molecular flexibility index (Phi) is 6.47. The number of nitrogens with one attached hydrogen (secondary N) is 1. The van der Waals surface area contributed by atoms with E-state index in [4.69, 9.17) is 9.47 Å². The fourth-order valence-electron chi connectivity index (χ4n) is 3.38. The zero-order valence-electron chi connectivity index (χ0n) is 17.6. The molecule has 0 aromatic carbocycles. The number of H-pyrrole nitrogens is 1. The number of methoxy groups -OCH3 is 1. The van der Waals surface area contributed by atoms with Crippen molar-refractivity contribution in [1.82, 2.24) is 24.9 Å². The lowest BCUT2D eigenvalue weighted by Gasteiger charge is -2.08. The van der Waals surface area contributed by atoms with Crippen molar-refractivity contribution in [3.05, 3.63) is 77.0 Å². The van der Waals surface area contributed by atoms with Crippen LogP contribution in [0.15, 0.2) is 43.0 Å². The molecule has 4 aromatic rings. The largest absolute Gasteiger partial charge is 0.475 e. The number of aromatic amines is 1. The van der Waals surface area contributed by atoms with E-state index in [1.165, 1.54) is 6.33 Å². The SMILES string of the molecule is CCc1ccc(Cc2ccc(Cc3c[nH]c4ncnc(OCCOC)c34)c(F)n2)cn1. The first kappa shape index (κ1) is 20.9. The van der Waals surface area contributed by atoms with Crippen molar-refractivity contribution in [1.29, 1.82) is 0 Å². The molecule has 1 N–H and O–H groups in total. The van der Waals surface area contributed by atoms with Gasteiger partial charge in [-0.15, -0.1) is 0 Å². The Morgan fingerprint density at radius 3 is 2.58 bits per heavy atom. The Bertz CT molecular complexity index is 1160. The van der Waals surface area contributed by atoms with Gasteiger partial charge in [-0.1, -0.05) is 19.1 Å². The summed E-state index contributed by atoms with van der Waals surface area (Å²) in [4.78, 5) is 20.1. The zero-order valence-corrected chi connectivity index (χ0v) is 17.6. The lowest BCUT2D eigenvalue weighted by Crippen LogP contribution is -2.06. The molecular weight excluding hydrogens is 397 g/mol. The molecular formula is C23H24FN5O2. The van der Waals surface area contributed by atoms with Gasteiger partial charge in [-0.05, 0) is 29.7 Å². The lowest BCUT2D eigenvalue weighted by atomic mass is 10.1. The molecule has 0 fully saturated rings. The van der Waals surface area contributed by atoms with E-state index in [2.05, 4.69) is 31.8 Å². The summed E-state index contributed by atoms with van der Waals surface area (Å²) >= 11 is 0. The van der Waals surface area contributed by atoms with E-state index in [0.29, 0.717) is 48.8 Å². The smallest absolute Gasteiger partial charge is 0.226 e. The van der Waals surface area contributed by atoms with Crippen LogP contribution in [-0.4, -0.2) is 45.2 Å². The van der Waals surface area contributed by atoms with Crippen molar-refractivity contribution < 1.29 is 13.9 Å². The van der Waals surface area contributed by atoms with Gasteiger partial charge in [0.25, 0.3) is 0 Å². The van der Waals surface area contributed by atoms with Crippen LogP contribution < -0.4 is 4.74 Å². The van der Waals surface area contributed by atoms with E-state index in [0.717, 1.165) is 28.6 Å². The molecule has 0 aliphatic carbocycles. The third kappa shape index (κ3) is 4.86. The molecule has 0 amide bonds. The maximum atomic E-state index is 14.8. The van der Waals surface area contributed by atoms with Crippen molar-refractivity contribution >= 4 is 11.0 Å². The van der Waals surface area contributed by atoms with Crippen molar-refractivity contribution in [2.45, 2.75) is 26.2 Å². The average molecular weight is 421 g/mol. The molecule has 0 aliphatic heterocycles. The van der Waals surface area contributed by atoms with Gasteiger partial charge in [-0.2, -0.15) is 4.39 Å². The molecule has 31 heavy (non-hydrogen) atoms. The summed E-state index contributed by atoms with van der Waals surface area (Å²) in [6, 6.07) is 7.63. The van der Waals surface area contributed by atoms with Crippen LogP contribution >= 0.6 is 0 Å². The number of ether oxygens (including phenoxy) is 2. The molecule has 0 bridgehead atoms. The van der Waals surface area contributed by atoms with Crippen LogP contribution in [0.3, 0.4) is 0 Å². The Balaban J connectivity index is 1.53. The molecule has 0 radical (unpaired) electrons. The summed E-state index contributed by atoms with van der Waals surface area (Å²) in [6.07, 6.45) is 6.83. The lowest BCUT2D eigenvalue weighted by molar-refractivity contribution is 0.144. The second-order valence-electron chi connectivity index (χ2n) is 7.18. The first-order valence-electron chi connectivity index (χ1n) is 10.2. The Hall–Kier alpha value is -3.39. The molecule has 4 rings (SSSR count). The van der Waals surface area contributed by atoms with E-state index >= 15 is 0 Å². The van der Waals surface area contributed by atoms with Gasteiger partial charge in [0.15, 0.2) is 0 Å². The number of aromatic nitrogens is 5. The third-order valence-corrected chi connectivity index (χ3v) is 5.04. The van der Waals surface area contributed by atoms with E-state index in [-0.39, 0.29) is 0 Å². The number of fused-ring (bicyclic) bond motifs is 1. The zero-order chi connectivity index (χ0) is 21.6. The summed E-state index contributed by atoms with van der Waals surface area (Å²) in [7, 11) is 1.61. The predicted molar refractivity (Wildman–Crippen MR) is 115 cm³/mol. The Morgan fingerprint density at radius 1 is 0.968 bits per heavy atom. The number of halogens is 1. The van der Waals surface area contributed by atoms with Crippen LogP contribution in [-0.2, 0) is 24.0 Å². The van der Waals surface area contributed by atoms with Gasteiger partial charge in [-0.3, -0.25) is 4.98 Å². The highest BCUT2D eigenvalue weighted by atomic mass is 19.1. The topological polar surface area (TPSA) is 85.8 Å². The van der Waals surface area contributed by atoms with Crippen LogP contribution in [0.4, 0.5) is 4.39 Å². The molecule has 0 saturated carbocycles. The Labute approximate surface area is 179 Å². The number of hydrogen-bond acceptors (Lipinski definition) is 6. The van der Waals surface area contributed by atoms with Crippen LogP contribution in [0, 0.1) is 5.95 Å². The van der Waals surface area contributed by atoms with Gasteiger partial charge in [0, 0.05) is 49.3 Å². The van der Waals surface area contributed by atoms with Gasteiger partial charge in [0.05, 0.1) is 12.0 Å². The molecule has 0 atom stereocenters. The minimum absolute atomic E-state index is 0.347. The van der Waals surface area contributed by atoms with Crippen LogP contribution in [0.5, 0.6) is 5.88 Å². The number of rotatable bonds is 9. The van der Waals surface area contributed by atoms with E-state index in [9.17, 15) is 4.39 Å². The summed E-state index contributed by atoms with van der Waals surface area (Å²) in [5.74, 6) is -0.0324. The van der Waals surface area contributed by atoms with E-state index in [1.807, 2.05) is 24.4 Å². The fraction of sp³-hybridized carbons (Fsp3) is 0.304. The second kappa shape index (κ2) is 9.61. The molecule has 7 nitrogen and oxygen atoms in total. The number of hydrogen-bond donors (Lipinski definition) is 1. The molecule has 160 valence electrons. The molecule has 0 unspecified atom stereocenters. The normalized spacial score (nSPS) is 11.2. The van der Waals surface area contributed by atoms with E-state index in [1.54, 1.807) is 19.4 Å². The summed E-state index contributed by atoms with van der Waals surface area (Å²) < 4.78 is 25.5. The number of aryl methyl sites for hydroxylation is 1. The van der Waals surface area contributed by atoms with Crippen molar-refractivity contribution in [2.24, 2.45) is 0 Å². The van der Waals surface area contributed by atoms with Gasteiger partial charge in [0.1, 0.15) is 18.6 Å². The summed E-state index contributed by atoms with van der Waals surface area (Å²) in [5, 5.41) is 0.740. The molecule has 4 heterocycles. The molecule has 4 aromatic heterocycles. The maximum absolute atomic E-state index is 14.8. The quantitative estimate of drug-likeness (QED) is 0.328. The van der Waals surface area contributed by atoms with Crippen LogP contribution in [0.25, 0.3) is 11.0 Å². The summed E-state index contributed by atoms with van der Waals surface area (Å²) in [5.41, 5.74) is 4.69. The minimum atomic E-state index is -0.483. The van der Waals surface area contributed by atoms with Crippen molar-refractivity contribution in [2.75, 3.05) is 20.3 Å². The van der Waals surface area contributed by atoms with E-state index < -0.39 is 5.95 Å². The summed E-state index contributed by atoms with van der Waals surface area (Å²) in [6.45, 7) is 2.88. The van der Waals surface area contributed by atoms with Crippen LogP contribution in [0.2, 0.25) is 0 Å². The molecule has 0 spiro atoms. The minimum Gasteiger partial charge on any atom is -0.475 e. The maximum Gasteiger partial charge on any atom is 0.226 e. The highest BCUT2D eigenvalue weighted by Crippen LogP contribution is 2.27. The fourth-order valence-corrected chi connectivity index (χ4v) is 3.38. The van der Waals surface area contributed by atoms with Gasteiger partial charge in [-0.25, -0.2) is 15.0 Å². The van der Waals surface area contributed by atoms with Crippen molar-refractivity contribution in [3.8, 4) is 5.88 Å². The average Bonchev–Trinajstić information content (AvgIpc) is 3.20. The third-order valence-electron chi connectivity index (χ3n) is 5.04. The highest BCUT2D eigenvalue weighted by Gasteiger charge is 2.15. The Morgan fingerprint density at radius 2 is 1.84 bits per heavy atom. The van der Waals surface area contributed by atoms with Crippen molar-refractivity contribution in [3.63, 3.8) is 0 Å². The predicted octanol–water partition coefficient (Wildman–Crippen LogP) is 3.66. The number of nitrogens with zero attached hydrogens (tertiary/aromatic N) is 4. The first-order chi connectivity index (χ1) is 15.2. The van der Waals surface area contributed by atoms with Crippen LogP contribution in [0.1, 0.15) is 35.0 Å². The second-order valence-corrected chi connectivity index (χ2v) is 7.18. The molecule has 8 heteroatoms. The van der Waals surface area contributed by atoms with Gasteiger partial charge in [0.2, 0.25) is 11.8 Å². The standard InChI is InChI=1S/C23H24FN5O2/c1-3-18-6-4-15(12-25-18)10-19-7-5-16(21(24)29-19)11-17-13-26-22-20(17)23(28-14-27-22)31-9-8-30-2/h4-7,12-14H,3,8-11H2,1-2H3,(H,26,27,28). The monoisotopic (exact) mass is 421 g/mol. The number of pyridine rings is 2.